The largest absolute Gasteiger partial charge is 0.481 e. The van der Waals surface area contributed by atoms with Crippen LogP contribution in [0.3, 0.4) is 0 Å². The molecule has 45 heavy (non-hydrogen) atoms. The van der Waals surface area contributed by atoms with Crippen molar-refractivity contribution >= 4 is 38.6 Å². The van der Waals surface area contributed by atoms with Gasteiger partial charge in [0, 0.05) is 6.42 Å². The molecule has 10 atom stereocenters. The summed E-state index contributed by atoms with van der Waals surface area (Å²) in [6, 6.07) is 0. The Kier molecular flexibility index (Phi) is 12.0. The topological polar surface area (TPSA) is 298 Å². The highest BCUT2D eigenvalue weighted by Crippen LogP contribution is 2.60. The molecule has 2 fully saturated rings. The lowest BCUT2D eigenvalue weighted by Gasteiger charge is -2.21. The zero-order chi connectivity index (χ0) is 32.9. The third kappa shape index (κ3) is 9.01. The van der Waals surface area contributed by atoms with Crippen molar-refractivity contribution < 1.29 is 71.7 Å². The molecule has 0 amide bonds. The van der Waals surface area contributed by atoms with Crippen molar-refractivity contribution in [2.45, 2.75) is 94.6 Å². The van der Waals surface area contributed by atoms with Gasteiger partial charge in [-0.15, -0.1) is 0 Å². The number of esters is 1. The standard InChI is InChI=1S/C23H37N5O15P2/c1-2-3-4-5-6-7-14(29)42-19-17(31)13(41-23(19)33)9-39-45(36,37)43-44(34,35)38-8-12-16(30)18(32)22(40-12)28-11-27-15-20(24)25-10-26-21(15)28/h10-13,16-19,22-23,30-33H,2-9H2,1H3,(H,34,35)(H,36,37)(H2,24,25,26)/t12-,13-,16-,17+,18-,19+,22-,23?/m1/s1. The zero-order valence-corrected chi connectivity index (χ0v) is 25.8. The van der Waals surface area contributed by atoms with Gasteiger partial charge in [-0.1, -0.05) is 32.6 Å². The van der Waals surface area contributed by atoms with E-state index in [1.54, 1.807) is 0 Å². The number of aliphatic hydroxyl groups is 4. The minimum atomic E-state index is -5.37. The molecule has 3 unspecified atom stereocenters. The van der Waals surface area contributed by atoms with Crippen LogP contribution >= 0.6 is 15.6 Å². The van der Waals surface area contributed by atoms with E-state index in [4.69, 9.17) is 24.5 Å². The molecular formula is C23H37N5O15P2. The number of nitrogens with zero attached hydrogens (tertiary/aromatic N) is 4. The van der Waals surface area contributed by atoms with Crippen LogP contribution in [0.15, 0.2) is 12.7 Å². The highest BCUT2D eigenvalue weighted by Gasteiger charge is 2.48. The number of fused-ring (bicyclic) bond motifs is 1. The van der Waals surface area contributed by atoms with E-state index >= 15 is 0 Å². The van der Waals surface area contributed by atoms with E-state index in [0.717, 1.165) is 32.0 Å². The van der Waals surface area contributed by atoms with Crippen LogP contribution in [0.2, 0.25) is 0 Å². The molecule has 254 valence electrons. The predicted octanol–water partition coefficient (Wildman–Crippen LogP) is -0.371. The third-order valence-electron chi connectivity index (χ3n) is 7.07. The Morgan fingerprint density at radius 3 is 2.24 bits per heavy atom. The number of anilines is 1. The number of ether oxygens (including phenoxy) is 3. The van der Waals surface area contributed by atoms with Gasteiger partial charge in [-0.25, -0.2) is 24.1 Å². The second-order valence-electron chi connectivity index (χ2n) is 10.4. The van der Waals surface area contributed by atoms with Gasteiger partial charge in [0.15, 0.2) is 30.1 Å². The number of aliphatic hydroxyl groups excluding tert-OH is 4. The summed E-state index contributed by atoms with van der Waals surface area (Å²) in [5, 5.41) is 41.3. The van der Waals surface area contributed by atoms with Gasteiger partial charge in [0.25, 0.3) is 0 Å². The molecule has 0 aliphatic carbocycles. The Bertz CT molecular complexity index is 1400. The predicted molar refractivity (Wildman–Crippen MR) is 148 cm³/mol. The summed E-state index contributed by atoms with van der Waals surface area (Å²) in [7, 11) is -10.7. The van der Waals surface area contributed by atoms with Crippen molar-refractivity contribution in [3.63, 3.8) is 0 Å². The summed E-state index contributed by atoms with van der Waals surface area (Å²) in [6.45, 7) is 0.228. The molecule has 2 aromatic rings. The number of phosphoric acid groups is 2. The van der Waals surface area contributed by atoms with Crippen molar-refractivity contribution in [1.82, 2.24) is 19.5 Å². The van der Waals surface area contributed by atoms with Crippen LogP contribution in [0, 0.1) is 0 Å². The molecular weight excluding hydrogens is 648 g/mol. The monoisotopic (exact) mass is 685 g/mol. The first-order chi connectivity index (χ1) is 21.2. The van der Waals surface area contributed by atoms with E-state index in [-0.39, 0.29) is 23.4 Å². The summed E-state index contributed by atoms with van der Waals surface area (Å²) in [5.41, 5.74) is 6.11. The maximum absolute atomic E-state index is 12.4. The molecule has 2 aliphatic rings. The van der Waals surface area contributed by atoms with Crippen molar-refractivity contribution in [2.75, 3.05) is 18.9 Å². The van der Waals surface area contributed by atoms with Crippen LogP contribution < -0.4 is 5.73 Å². The SMILES string of the molecule is CCCCCCCC(=O)O[C@@H]1C(O)O[C@H](COP(=O)(O)OP(=O)(O)OC[C@H]2O[C@@H](n3cnc4c(N)ncnc43)[C@H](O)[C@@H]2O)[C@@H]1O. The van der Waals surface area contributed by atoms with Crippen molar-refractivity contribution in [3.05, 3.63) is 12.7 Å². The lowest BCUT2D eigenvalue weighted by Crippen LogP contribution is -2.38. The fourth-order valence-corrected chi connectivity index (χ4v) is 6.82. The minimum Gasteiger partial charge on any atom is -0.454 e. The lowest BCUT2D eigenvalue weighted by atomic mass is 10.1. The summed E-state index contributed by atoms with van der Waals surface area (Å²) >= 11 is 0. The van der Waals surface area contributed by atoms with Gasteiger partial charge in [-0.3, -0.25) is 18.4 Å². The molecule has 4 rings (SSSR count). The second-order valence-corrected chi connectivity index (χ2v) is 13.5. The first-order valence-electron chi connectivity index (χ1n) is 14.0. The summed E-state index contributed by atoms with van der Waals surface area (Å²) in [4.78, 5) is 43.9. The van der Waals surface area contributed by atoms with Crippen LogP contribution in [-0.2, 0) is 41.5 Å². The molecule has 0 bridgehead atoms. The van der Waals surface area contributed by atoms with Crippen LogP contribution in [0.25, 0.3) is 11.2 Å². The molecule has 0 saturated carbocycles. The summed E-state index contributed by atoms with van der Waals surface area (Å²) in [5.74, 6) is -0.626. The van der Waals surface area contributed by atoms with E-state index in [1.165, 1.54) is 10.9 Å². The quantitative estimate of drug-likeness (QED) is 0.0673. The van der Waals surface area contributed by atoms with Crippen LogP contribution in [0.5, 0.6) is 0 Å². The third-order valence-corrected chi connectivity index (χ3v) is 9.68. The smallest absolute Gasteiger partial charge is 0.454 e. The molecule has 0 radical (unpaired) electrons. The number of aromatic nitrogens is 4. The Balaban J connectivity index is 1.25. The van der Waals surface area contributed by atoms with Gasteiger partial charge in [0.05, 0.1) is 19.5 Å². The number of unbranched alkanes of at least 4 members (excludes halogenated alkanes) is 4. The van der Waals surface area contributed by atoms with Crippen molar-refractivity contribution in [2.24, 2.45) is 0 Å². The Morgan fingerprint density at radius 2 is 1.58 bits per heavy atom. The van der Waals surface area contributed by atoms with Crippen LogP contribution in [0.4, 0.5) is 5.82 Å². The molecule has 2 saturated heterocycles. The molecule has 0 aromatic carbocycles. The summed E-state index contributed by atoms with van der Waals surface area (Å²) < 4.78 is 55.3. The molecule has 22 heteroatoms. The maximum Gasteiger partial charge on any atom is 0.481 e. The fraction of sp³-hybridized carbons (Fsp3) is 0.739. The number of nitrogen functional groups attached to an aromatic ring is 1. The van der Waals surface area contributed by atoms with E-state index in [0.29, 0.717) is 6.42 Å². The molecule has 2 aromatic heterocycles. The van der Waals surface area contributed by atoms with Gasteiger partial charge >= 0.3 is 21.6 Å². The maximum atomic E-state index is 12.4. The molecule has 8 N–H and O–H groups in total. The van der Waals surface area contributed by atoms with Crippen molar-refractivity contribution in [1.29, 1.82) is 0 Å². The molecule has 0 spiro atoms. The Labute approximate surface area is 256 Å². The van der Waals surface area contributed by atoms with Crippen LogP contribution in [-0.4, -0.2) is 112 Å². The van der Waals surface area contributed by atoms with Gasteiger partial charge in [-0.05, 0) is 6.42 Å². The Morgan fingerprint density at radius 1 is 0.933 bits per heavy atom. The van der Waals surface area contributed by atoms with E-state index < -0.39 is 84.0 Å². The van der Waals surface area contributed by atoms with E-state index in [1.807, 2.05) is 0 Å². The second kappa shape index (κ2) is 15.2. The number of hydrogen-bond donors (Lipinski definition) is 7. The van der Waals surface area contributed by atoms with Crippen molar-refractivity contribution in [3.8, 4) is 0 Å². The number of hydrogen-bond acceptors (Lipinski definition) is 17. The average Bonchev–Trinajstić information content (AvgIpc) is 3.61. The zero-order valence-electron chi connectivity index (χ0n) is 24.0. The fourth-order valence-electron chi connectivity index (χ4n) is 4.73. The number of carbonyl (C=O) groups is 1. The first kappa shape index (κ1) is 35.7. The van der Waals surface area contributed by atoms with Gasteiger partial charge in [0.1, 0.15) is 42.4 Å². The van der Waals surface area contributed by atoms with Gasteiger partial charge in [-0.2, -0.15) is 4.31 Å². The van der Waals surface area contributed by atoms with Gasteiger partial charge < -0.3 is 50.2 Å². The molecule has 2 aliphatic heterocycles. The summed E-state index contributed by atoms with van der Waals surface area (Å²) in [6.07, 6.45) is -5.56. The lowest BCUT2D eigenvalue weighted by molar-refractivity contribution is -0.173. The number of rotatable bonds is 16. The highest BCUT2D eigenvalue weighted by molar-refractivity contribution is 7.61. The number of carbonyl (C=O) groups excluding carboxylic acids is 1. The number of nitrogens with two attached hydrogens (primary N) is 1. The average molecular weight is 686 g/mol. The van der Waals surface area contributed by atoms with E-state index in [9.17, 15) is 44.1 Å². The number of phosphoric ester groups is 2. The van der Waals surface area contributed by atoms with Crippen LogP contribution in [0.1, 0.15) is 51.7 Å². The van der Waals surface area contributed by atoms with Gasteiger partial charge in [0.2, 0.25) is 0 Å². The minimum absolute atomic E-state index is 0.0534. The molecule has 4 heterocycles. The Hall–Kier alpha value is -2.16. The van der Waals surface area contributed by atoms with E-state index in [2.05, 4.69) is 30.7 Å². The first-order valence-corrected chi connectivity index (χ1v) is 17.0. The normalized spacial score (nSPS) is 31.2. The highest BCUT2D eigenvalue weighted by atomic mass is 31.3. The molecule has 20 nitrogen and oxygen atoms in total. The number of imidazole rings is 1.